The Morgan fingerprint density at radius 1 is 0.661 bits per heavy atom. The summed E-state index contributed by atoms with van der Waals surface area (Å²) in [5.74, 6) is -5.73. The first-order valence-corrected chi connectivity index (χ1v) is 20.5. The first-order valence-electron chi connectivity index (χ1n) is 17.3. The molecule has 0 bridgehead atoms. The van der Waals surface area contributed by atoms with Crippen LogP contribution in [0.3, 0.4) is 0 Å². The number of carboxylic acids is 4. The number of hydrogen-bond donors (Lipinski definition) is 11. The number of nitrogens with one attached hydrogen (secondary N) is 2. The van der Waals surface area contributed by atoms with E-state index < -0.39 is 88.1 Å². The summed E-state index contributed by atoms with van der Waals surface area (Å²) in [7, 11) is -11.4. The second-order valence-electron chi connectivity index (χ2n) is 13.3. The lowest BCUT2D eigenvalue weighted by atomic mass is 10.0. The fourth-order valence-corrected chi connectivity index (χ4v) is 8.07. The fraction of sp³-hybridized carbons (Fsp3) is 0.613. The SMILES string of the molecule is O=C(O)CN1CCN(CC(=O)O)CCN(CC(=O)O)C(Cc2ccc(NC(=O)CCCC(=O)NCCC(O)(P(=O)(O)O)P(=O)(O)O)cc2)CN(CC(=O)O)CC1. The van der Waals surface area contributed by atoms with Crippen molar-refractivity contribution in [2.45, 2.75) is 43.2 Å². The van der Waals surface area contributed by atoms with Crippen LogP contribution in [0.1, 0.15) is 31.2 Å². The van der Waals surface area contributed by atoms with Crippen LogP contribution in [0.25, 0.3) is 0 Å². The van der Waals surface area contributed by atoms with Crippen LogP contribution in [0.4, 0.5) is 5.69 Å². The molecule has 0 aliphatic carbocycles. The number of benzene rings is 1. The van der Waals surface area contributed by atoms with Crippen LogP contribution in [0, 0.1) is 0 Å². The predicted molar refractivity (Wildman–Crippen MR) is 195 cm³/mol. The van der Waals surface area contributed by atoms with Gasteiger partial charge in [0.15, 0.2) is 0 Å². The summed E-state index contributed by atoms with van der Waals surface area (Å²) in [6.45, 7) is -1.34. The molecule has 1 aromatic carbocycles. The number of anilines is 1. The van der Waals surface area contributed by atoms with Crippen molar-refractivity contribution in [3.63, 3.8) is 0 Å². The van der Waals surface area contributed by atoms with Gasteiger partial charge in [0.1, 0.15) is 0 Å². The van der Waals surface area contributed by atoms with Crippen molar-refractivity contribution < 1.29 is 83.0 Å². The summed E-state index contributed by atoms with van der Waals surface area (Å²) in [5.41, 5.74) is 1.05. The Bertz CT molecular complexity index is 1600. The van der Waals surface area contributed by atoms with E-state index in [9.17, 15) is 83.0 Å². The Labute approximate surface area is 321 Å². The van der Waals surface area contributed by atoms with Gasteiger partial charge in [0.05, 0.1) is 26.2 Å². The van der Waals surface area contributed by atoms with Crippen LogP contribution in [-0.4, -0.2) is 190 Å². The number of rotatable bonds is 20. The molecule has 1 aromatic rings. The molecule has 1 fully saturated rings. The van der Waals surface area contributed by atoms with Crippen LogP contribution >= 0.6 is 15.2 Å². The largest absolute Gasteiger partial charge is 0.480 e. The quantitative estimate of drug-likeness (QED) is 0.0619. The van der Waals surface area contributed by atoms with Crippen molar-refractivity contribution in [3.05, 3.63) is 29.8 Å². The van der Waals surface area contributed by atoms with E-state index in [1.807, 2.05) is 0 Å². The van der Waals surface area contributed by atoms with Crippen molar-refractivity contribution in [1.29, 1.82) is 0 Å². The van der Waals surface area contributed by atoms with Gasteiger partial charge in [-0.3, -0.25) is 57.5 Å². The van der Waals surface area contributed by atoms with Crippen molar-refractivity contribution in [2.24, 2.45) is 0 Å². The van der Waals surface area contributed by atoms with Gasteiger partial charge in [-0.15, -0.1) is 0 Å². The third-order valence-electron chi connectivity index (χ3n) is 8.80. The molecule has 0 aromatic heterocycles. The molecular formula is C31H50N6O17P2. The average molecular weight is 841 g/mol. The number of carbonyl (C=O) groups is 6. The topological polar surface area (TPSA) is 356 Å². The van der Waals surface area contributed by atoms with Gasteiger partial charge in [-0.05, 0) is 30.5 Å². The summed E-state index contributed by atoms with van der Waals surface area (Å²) >= 11 is 0. The normalized spacial score (nSPS) is 17.6. The fourth-order valence-electron chi connectivity index (χ4n) is 5.90. The van der Waals surface area contributed by atoms with Gasteiger partial charge in [0, 0.05) is 83.3 Å². The molecule has 1 aliphatic heterocycles. The first kappa shape index (κ1) is 48.3. The Kier molecular flexibility index (Phi) is 19.1. The second kappa shape index (κ2) is 22.2. The minimum atomic E-state index is -5.68. The standard InChI is InChI=1S/C31H50N6O17P2/c38-25(32-9-8-31(48,55(49,50)51)56(52,53)54)2-1-3-26(39)33-23-6-4-22(5-7-23)16-24-17-36(20-29(44)45)13-12-34(18-27(40)41)10-11-35(19-28(42)43)14-15-37(24)21-30(46)47/h4-7,24,48H,1-3,8-21H2,(H,32,38)(H,33,39)(H,40,41)(H,42,43)(H,44,45)(H,46,47)(H2,49,50,51)(H2,52,53,54). The highest BCUT2D eigenvalue weighted by molar-refractivity contribution is 7.72. The molecule has 25 heteroatoms. The monoisotopic (exact) mass is 840 g/mol. The highest BCUT2D eigenvalue weighted by atomic mass is 31.2. The van der Waals surface area contributed by atoms with E-state index in [-0.39, 0.29) is 84.6 Å². The van der Waals surface area contributed by atoms with Gasteiger partial charge >= 0.3 is 39.1 Å². The van der Waals surface area contributed by atoms with Crippen LogP contribution in [0.2, 0.25) is 0 Å². The van der Waals surface area contributed by atoms with Crippen molar-refractivity contribution in [2.75, 3.05) is 83.9 Å². The Morgan fingerprint density at radius 2 is 1.11 bits per heavy atom. The maximum atomic E-state index is 12.5. The van der Waals surface area contributed by atoms with Crippen molar-refractivity contribution in [1.82, 2.24) is 24.9 Å². The molecule has 0 saturated carbocycles. The smallest absolute Gasteiger partial charge is 0.369 e. The zero-order valence-corrected chi connectivity index (χ0v) is 32.2. The van der Waals surface area contributed by atoms with E-state index in [1.54, 1.807) is 43.9 Å². The molecule has 316 valence electrons. The van der Waals surface area contributed by atoms with E-state index in [4.69, 9.17) is 0 Å². The molecule has 1 atom stereocenters. The van der Waals surface area contributed by atoms with Gasteiger partial charge in [-0.25, -0.2) is 0 Å². The molecule has 0 radical (unpaired) electrons. The molecular weight excluding hydrogens is 790 g/mol. The lowest BCUT2D eigenvalue weighted by Crippen LogP contribution is -2.53. The minimum absolute atomic E-state index is 0.0168. The Morgan fingerprint density at radius 3 is 1.59 bits per heavy atom. The number of aliphatic hydroxyl groups is 1. The molecule has 56 heavy (non-hydrogen) atoms. The minimum Gasteiger partial charge on any atom is -0.480 e. The van der Waals surface area contributed by atoms with Gasteiger partial charge < -0.3 is 55.7 Å². The number of aliphatic carboxylic acids is 4. The highest BCUT2D eigenvalue weighted by Gasteiger charge is 2.58. The lowest BCUT2D eigenvalue weighted by Gasteiger charge is -2.37. The van der Waals surface area contributed by atoms with Gasteiger partial charge in [-0.2, -0.15) is 0 Å². The molecule has 11 N–H and O–H groups in total. The highest BCUT2D eigenvalue weighted by Crippen LogP contribution is 2.68. The number of hydrogen-bond acceptors (Lipinski definition) is 13. The predicted octanol–water partition coefficient (Wildman–Crippen LogP) is -2.23. The lowest BCUT2D eigenvalue weighted by molar-refractivity contribution is -0.142. The van der Waals surface area contributed by atoms with Crippen LogP contribution < -0.4 is 10.6 Å². The number of carbonyl (C=O) groups excluding carboxylic acids is 2. The van der Waals surface area contributed by atoms with Crippen LogP contribution in [-0.2, 0) is 44.3 Å². The summed E-state index contributed by atoms with van der Waals surface area (Å²) in [6, 6.07) is 5.89. The maximum absolute atomic E-state index is 12.5. The summed E-state index contributed by atoms with van der Waals surface area (Å²) in [4.78, 5) is 115. The van der Waals surface area contributed by atoms with E-state index >= 15 is 0 Å². The molecule has 2 rings (SSSR count). The third kappa shape index (κ3) is 17.1. The van der Waals surface area contributed by atoms with Crippen LogP contribution in [0.5, 0.6) is 0 Å². The molecule has 0 spiro atoms. The molecule has 1 unspecified atom stereocenters. The summed E-state index contributed by atoms with van der Waals surface area (Å²) in [6.07, 6.45) is -1.29. The zero-order chi connectivity index (χ0) is 42.3. The molecule has 1 aliphatic rings. The second-order valence-corrected chi connectivity index (χ2v) is 17.3. The van der Waals surface area contributed by atoms with Gasteiger partial charge in [0.25, 0.3) is 5.08 Å². The van der Waals surface area contributed by atoms with Crippen molar-refractivity contribution >= 4 is 56.6 Å². The molecule has 1 saturated heterocycles. The first-order chi connectivity index (χ1) is 26.0. The number of amides is 2. The van der Waals surface area contributed by atoms with E-state index in [0.29, 0.717) is 11.3 Å². The van der Waals surface area contributed by atoms with E-state index in [2.05, 4.69) is 10.6 Å². The van der Waals surface area contributed by atoms with E-state index in [1.165, 1.54) is 0 Å². The maximum Gasteiger partial charge on any atom is 0.369 e. The van der Waals surface area contributed by atoms with Gasteiger partial charge in [0.2, 0.25) is 11.8 Å². The third-order valence-corrected chi connectivity index (χ3v) is 12.7. The summed E-state index contributed by atoms with van der Waals surface area (Å²) in [5, 5.41) is 49.3. The average Bonchev–Trinajstić information content (AvgIpc) is 3.05. The number of carboxylic acid groups (broad SMARTS) is 4. The molecule has 23 nitrogen and oxygen atoms in total. The van der Waals surface area contributed by atoms with E-state index in [0.717, 1.165) is 0 Å². The molecule has 1 heterocycles. The van der Waals surface area contributed by atoms with Gasteiger partial charge in [-0.1, -0.05) is 12.1 Å². The van der Waals surface area contributed by atoms with Crippen molar-refractivity contribution in [3.8, 4) is 0 Å². The summed E-state index contributed by atoms with van der Waals surface area (Å²) < 4.78 is 22.9. The number of nitrogens with zero attached hydrogens (tertiary/aromatic N) is 4. The Balaban J connectivity index is 2.12. The molecule has 2 amide bonds. The zero-order valence-electron chi connectivity index (χ0n) is 30.4. The Hall–Kier alpha value is -3.86. The van der Waals surface area contributed by atoms with Crippen LogP contribution in [0.15, 0.2) is 24.3 Å².